The number of anilines is 1. The predicted octanol–water partition coefficient (Wildman–Crippen LogP) is 5.79. The van der Waals surface area contributed by atoms with Crippen molar-refractivity contribution < 1.29 is 22.4 Å². The molecule has 0 saturated carbocycles. The van der Waals surface area contributed by atoms with Crippen LogP contribution in [0.4, 0.5) is 18.9 Å². The van der Waals surface area contributed by atoms with Crippen molar-refractivity contribution in [3.8, 4) is 6.07 Å². The maximum atomic E-state index is 13.5. The van der Waals surface area contributed by atoms with E-state index in [4.69, 9.17) is 21.9 Å². The number of nitrogens with zero attached hydrogens (tertiary/aromatic N) is 5. The van der Waals surface area contributed by atoms with Gasteiger partial charge in [-0.15, -0.1) is 0 Å². The minimum atomic E-state index is -4.76. The zero-order chi connectivity index (χ0) is 26.7. The number of carbonyl (C=O) groups is 1. The van der Waals surface area contributed by atoms with E-state index in [1.807, 2.05) is 0 Å². The summed E-state index contributed by atoms with van der Waals surface area (Å²) in [5, 5.41) is 9.10. The van der Waals surface area contributed by atoms with Crippen LogP contribution >= 0.6 is 12.2 Å². The second-order valence-electron chi connectivity index (χ2n) is 8.56. The van der Waals surface area contributed by atoms with Crippen molar-refractivity contribution in [2.75, 3.05) is 4.90 Å². The number of allylic oxidation sites excluding steroid dienone is 4. The second-order valence-corrected chi connectivity index (χ2v) is 8.93. The van der Waals surface area contributed by atoms with Crippen LogP contribution in [-0.2, 0) is 17.4 Å². The third kappa shape index (κ3) is 5.39. The standard InChI is InChI=1S/C25H24F3N5O2S/c1-16(8-10-18(30-4)6-5-7-21-31-12-13-35-21)33-23(36)32(22(34)24(33,2)3)19-11-9-17(15-29)20(14-19)25(26,27)28/h8-14H,4-7H2,1-3H3/b16-8+,18-10-. The number of aliphatic imine (C=N–C) groups is 1. The number of hydrogen-bond donors (Lipinski definition) is 0. The van der Waals surface area contributed by atoms with Gasteiger partial charge in [-0.2, -0.15) is 18.4 Å². The summed E-state index contributed by atoms with van der Waals surface area (Å²) in [4.78, 5) is 24.0. The van der Waals surface area contributed by atoms with E-state index in [0.29, 0.717) is 30.1 Å². The lowest BCUT2D eigenvalue weighted by Gasteiger charge is -2.30. The van der Waals surface area contributed by atoms with Crippen molar-refractivity contribution >= 4 is 35.6 Å². The molecule has 1 amide bonds. The Bertz CT molecular complexity index is 1270. The fraction of sp³-hybridized carbons (Fsp3) is 0.320. The van der Waals surface area contributed by atoms with Gasteiger partial charge in [0.1, 0.15) is 11.8 Å². The summed E-state index contributed by atoms with van der Waals surface area (Å²) >= 11 is 5.54. The first-order valence-corrected chi connectivity index (χ1v) is 11.3. The lowest BCUT2D eigenvalue weighted by molar-refractivity contribution is -0.137. The SMILES string of the molecule is C=N/C(=C\C=C(/C)N1C(=S)N(c2ccc(C#N)c(C(F)(F)F)c2)C(=O)C1(C)C)CCCc1ncco1. The number of aromatic nitrogens is 1. The number of nitriles is 1. The Morgan fingerprint density at radius 3 is 2.67 bits per heavy atom. The monoisotopic (exact) mass is 515 g/mol. The van der Waals surface area contributed by atoms with Gasteiger partial charge < -0.3 is 9.32 Å². The zero-order valence-corrected chi connectivity index (χ0v) is 20.8. The molecule has 0 atom stereocenters. The molecule has 0 spiro atoms. The average Bonchev–Trinajstić information content (AvgIpc) is 3.39. The molecule has 1 aliphatic heterocycles. The van der Waals surface area contributed by atoms with Crippen molar-refractivity contribution in [3.63, 3.8) is 0 Å². The molecule has 1 saturated heterocycles. The molecule has 7 nitrogen and oxygen atoms in total. The van der Waals surface area contributed by atoms with Gasteiger partial charge in [-0.25, -0.2) is 4.98 Å². The van der Waals surface area contributed by atoms with Gasteiger partial charge in [-0.1, -0.05) is 0 Å². The number of aryl methyl sites for hydroxylation is 1. The molecule has 1 fully saturated rings. The lowest BCUT2D eigenvalue weighted by atomic mass is 10.0. The Kier molecular flexibility index (Phi) is 7.79. The van der Waals surface area contributed by atoms with Crippen LogP contribution in [0.25, 0.3) is 0 Å². The average molecular weight is 516 g/mol. The van der Waals surface area contributed by atoms with Crippen LogP contribution in [0.3, 0.4) is 0 Å². The molecule has 2 heterocycles. The van der Waals surface area contributed by atoms with Gasteiger partial charge in [-0.05, 0) is 82.9 Å². The fourth-order valence-electron chi connectivity index (χ4n) is 3.92. The summed E-state index contributed by atoms with van der Waals surface area (Å²) in [5.74, 6) is 0.138. The van der Waals surface area contributed by atoms with Crippen molar-refractivity contribution in [1.29, 1.82) is 5.26 Å². The first kappa shape index (κ1) is 26.8. The largest absolute Gasteiger partial charge is 0.449 e. The molecule has 1 aromatic carbocycles. The van der Waals surface area contributed by atoms with Crippen LogP contribution < -0.4 is 4.90 Å². The van der Waals surface area contributed by atoms with Gasteiger partial charge in [0.05, 0.1) is 29.1 Å². The highest BCUT2D eigenvalue weighted by atomic mass is 32.1. The van der Waals surface area contributed by atoms with Crippen molar-refractivity contribution in [2.45, 2.75) is 51.7 Å². The number of halogens is 3. The summed E-state index contributed by atoms with van der Waals surface area (Å²) in [6.45, 7) is 8.62. The van der Waals surface area contributed by atoms with Crippen LogP contribution in [-0.4, -0.2) is 33.2 Å². The minimum absolute atomic E-state index is 0.0296. The molecular formula is C25H24F3N5O2S. The molecule has 1 aliphatic rings. The molecule has 2 aromatic rings. The normalized spacial score (nSPS) is 16.5. The van der Waals surface area contributed by atoms with Crippen LogP contribution in [0, 0.1) is 11.3 Å². The van der Waals surface area contributed by atoms with Gasteiger partial charge in [0.15, 0.2) is 11.0 Å². The van der Waals surface area contributed by atoms with Gasteiger partial charge in [0, 0.05) is 17.8 Å². The number of rotatable bonds is 8. The number of amides is 1. The number of hydrogen-bond acceptors (Lipinski definition) is 6. The van der Waals surface area contributed by atoms with Crippen LogP contribution in [0.5, 0.6) is 0 Å². The number of thiocarbonyl (C=S) groups is 1. The van der Waals surface area contributed by atoms with E-state index in [1.165, 1.54) is 18.4 Å². The highest BCUT2D eigenvalue weighted by molar-refractivity contribution is 7.80. The van der Waals surface area contributed by atoms with E-state index in [2.05, 4.69) is 16.7 Å². The van der Waals surface area contributed by atoms with Crippen LogP contribution in [0.2, 0.25) is 0 Å². The van der Waals surface area contributed by atoms with Crippen LogP contribution in [0.15, 0.2) is 63.6 Å². The molecule has 188 valence electrons. The van der Waals surface area contributed by atoms with E-state index < -0.39 is 28.7 Å². The van der Waals surface area contributed by atoms with E-state index in [0.717, 1.165) is 23.5 Å². The van der Waals surface area contributed by atoms with E-state index in [9.17, 15) is 18.0 Å². The molecule has 1 aromatic heterocycles. The van der Waals surface area contributed by atoms with Gasteiger partial charge in [0.2, 0.25) is 0 Å². The van der Waals surface area contributed by atoms with Crippen molar-refractivity contribution in [1.82, 2.24) is 9.88 Å². The van der Waals surface area contributed by atoms with E-state index >= 15 is 0 Å². The summed E-state index contributed by atoms with van der Waals surface area (Å²) < 4.78 is 45.7. The topological polar surface area (TPSA) is 85.7 Å². The molecule has 11 heteroatoms. The lowest BCUT2D eigenvalue weighted by Crippen LogP contribution is -2.43. The fourth-order valence-corrected chi connectivity index (χ4v) is 4.48. The Balaban J connectivity index is 1.87. The Labute approximate surface area is 212 Å². The Morgan fingerprint density at radius 1 is 1.36 bits per heavy atom. The predicted molar refractivity (Wildman–Crippen MR) is 133 cm³/mol. The molecular weight excluding hydrogens is 491 g/mol. The quantitative estimate of drug-likeness (QED) is 0.251. The second kappa shape index (κ2) is 10.5. The number of oxazole rings is 1. The zero-order valence-electron chi connectivity index (χ0n) is 20.0. The molecule has 3 rings (SSSR count). The maximum absolute atomic E-state index is 13.5. The molecule has 0 N–H and O–H groups in total. The summed E-state index contributed by atoms with van der Waals surface area (Å²) in [6.07, 6.45) is 3.81. The van der Waals surface area contributed by atoms with Crippen molar-refractivity contribution in [3.05, 3.63) is 71.2 Å². The molecule has 0 bridgehead atoms. The molecule has 0 radical (unpaired) electrons. The third-order valence-corrected chi connectivity index (χ3v) is 6.10. The van der Waals surface area contributed by atoms with E-state index in [1.54, 1.807) is 44.0 Å². The van der Waals surface area contributed by atoms with Gasteiger partial charge in [0.25, 0.3) is 5.91 Å². The molecule has 0 unspecified atom stereocenters. The van der Waals surface area contributed by atoms with Gasteiger partial charge >= 0.3 is 6.18 Å². The maximum Gasteiger partial charge on any atom is 0.417 e. The number of benzene rings is 1. The number of alkyl halides is 3. The summed E-state index contributed by atoms with van der Waals surface area (Å²) in [6, 6.07) is 4.63. The smallest absolute Gasteiger partial charge is 0.417 e. The highest BCUT2D eigenvalue weighted by Crippen LogP contribution is 2.39. The number of carbonyl (C=O) groups excluding carboxylic acids is 1. The minimum Gasteiger partial charge on any atom is -0.449 e. The first-order valence-electron chi connectivity index (χ1n) is 10.9. The first-order chi connectivity index (χ1) is 16.9. The summed E-state index contributed by atoms with van der Waals surface area (Å²) in [7, 11) is 0. The van der Waals surface area contributed by atoms with E-state index in [-0.39, 0.29) is 10.8 Å². The van der Waals surface area contributed by atoms with Gasteiger partial charge in [-0.3, -0.25) is 14.7 Å². The van der Waals surface area contributed by atoms with Crippen LogP contribution in [0.1, 0.15) is 50.6 Å². The third-order valence-electron chi connectivity index (χ3n) is 5.74. The highest BCUT2D eigenvalue weighted by Gasteiger charge is 2.50. The Hall–Kier alpha value is -3.78. The molecule has 36 heavy (non-hydrogen) atoms. The molecule has 0 aliphatic carbocycles. The van der Waals surface area contributed by atoms with Crippen molar-refractivity contribution in [2.24, 2.45) is 4.99 Å². The summed E-state index contributed by atoms with van der Waals surface area (Å²) in [5.41, 5.74) is -1.59. The Morgan fingerprint density at radius 2 is 2.08 bits per heavy atom.